The van der Waals surface area contributed by atoms with Gasteiger partial charge in [0.25, 0.3) is 0 Å². The molecule has 0 radical (unpaired) electrons. The Labute approximate surface area is 119 Å². The van der Waals surface area contributed by atoms with Gasteiger partial charge >= 0.3 is 5.97 Å². The smallest absolute Gasteiger partial charge is 0.345 e. The van der Waals surface area contributed by atoms with Crippen molar-refractivity contribution in [1.82, 2.24) is 14.5 Å². The van der Waals surface area contributed by atoms with E-state index in [-0.39, 0.29) is 16.3 Å². The number of carboxylic acids is 1. The molecule has 2 aromatic heterocycles. The van der Waals surface area contributed by atoms with E-state index in [1.165, 1.54) is 5.38 Å². The average molecular weight is 315 g/mol. The Morgan fingerprint density at radius 2 is 2.25 bits per heavy atom. The second-order valence-electron chi connectivity index (χ2n) is 4.19. The minimum absolute atomic E-state index is 0.0112. The highest BCUT2D eigenvalue weighted by Crippen LogP contribution is 2.19. The van der Waals surface area contributed by atoms with Gasteiger partial charge in [-0.1, -0.05) is 0 Å². The first-order valence-corrected chi connectivity index (χ1v) is 7.96. The van der Waals surface area contributed by atoms with Crippen LogP contribution in [0.5, 0.6) is 0 Å². The van der Waals surface area contributed by atoms with Gasteiger partial charge < -0.3 is 5.11 Å². The summed E-state index contributed by atoms with van der Waals surface area (Å²) in [4.78, 5) is 10.7. The van der Waals surface area contributed by atoms with Crippen LogP contribution in [0.3, 0.4) is 0 Å². The third-order valence-corrected chi connectivity index (χ3v) is 5.11. The number of aromatic nitrogens is 2. The summed E-state index contributed by atoms with van der Waals surface area (Å²) in [7, 11) is -1.97. The lowest BCUT2D eigenvalue weighted by atomic mass is 10.3. The fourth-order valence-corrected chi connectivity index (χ4v) is 3.77. The van der Waals surface area contributed by atoms with E-state index in [9.17, 15) is 13.2 Å². The molecule has 0 spiro atoms. The lowest BCUT2D eigenvalue weighted by molar-refractivity contribution is 0.0702. The van der Waals surface area contributed by atoms with Crippen molar-refractivity contribution in [2.75, 3.05) is 0 Å². The van der Waals surface area contributed by atoms with E-state index in [2.05, 4.69) is 9.82 Å². The molecule has 2 aromatic rings. The summed E-state index contributed by atoms with van der Waals surface area (Å²) in [6, 6.07) is 1.14. The molecule has 20 heavy (non-hydrogen) atoms. The van der Waals surface area contributed by atoms with E-state index in [0.29, 0.717) is 0 Å². The molecule has 2 heterocycles. The zero-order chi connectivity index (χ0) is 14.9. The molecule has 0 bridgehead atoms. The summed E-state index contributed by atoms with van der Waals surface area (Å²) in [6.45, 7) is 1.90. The first-order valence-electron chi connectivity index (χ1n) is 5.60. The lowest BCUT2D eigenvalue weighted by Crippen LogP contribution is -2.23. The van der Waals surface area contributed by atoms with Crippen molar-refractivity contribution in [3.05, 3.63) is 33.8 Å². The van der Waals surface area contributed by atoms with Gasteiger partial charge in [0, 0.05) is 30.7 Å². The van der Waals surface area contributed by atoms with Crippen LogP contribution in [0.15, 0.2) is 22.5 Å². The SMILES string of the molecule is Cc1nn(C)cc1CNS(=O)(=O)c1csc(C(=O)O)c1. The van der Waals surface area contributed by atoms with Crippen molar-refractivity contribution in [3.8, 4) is 0 Å². The highest BCUT2D eigenvalue weighted by Gasteiger charge is 2.18. The normalized spacial score (nSPS) is 11.7. The second-order valence-corrected chi connectivity index (χ2v) is 6.87. The van der Waals surface area contributed by atoms with E-state index in [1.54, 1.807) is 24.9 Å². The molecule has 0 unspecified atom stereocenters. The molecule has 2 rings (SSSR count). The number of thiophene rings is 1. The number of hydrogen-bond donors (Lipinski definition) is 2. The van der Waals surface area contributed by atoms with Gasteiger partial charge in [0.15, 0.2) is 0 Å². The molecular formula is C11H13N3O4S2. The molecule has 0 amide bonds. The topological polar surface area (TPSA) is 101 Å². The molecule has 0 aliphatic carbocycles. The standard InChI is InChI=1S/C11H13N3O4S2/c1-7-8(5-14(2)13-7)4-12-20(17,18)9-3-10(11(15)16)19-6-9/h3,5-6,12H,4H2,1-2H3,(H,15,16). The van der Waals surface area contributed by atoms with E-state index in [1.807, 2.05) is 0 Å². The van der Waals surface area contributed by atoms with Gasteiger partial charge in [0.2, 0.25) is 10.0 Å². The van der Waals surface area contributed by atoms with Gasteiger partial charge in [0.05, 0.1) is 10.6 Å². The molecule has 108 valence electrons. The Kier molecular flexibility index (Phi) is 3.93. The molecule has 0 saturated heterocycles. The number of nitrogens with one attached hydrogen (secondary N) is 1. The average Bonchev–Trinajstić information content (AvgIpc) is 2.94. The van der Waals surface area contributed by atoms with Gasteiger partial charge in [-0.05, 0) is 13.0 Å². The van der Waals surface area contributed by atoms with Crippen molar-refractivity contribution in [2.45, 2.75) is 18.4 Å². The quantitative estimate of drug-likeness (QED) is 0.856. The van der Waals surface area contributed by atoms with E-state index in [4.69, 9.17) is 5.11 Å². The summed E-state index contributed by atoms with van der Waals surface area (Å²) in [5, 5.41) is 14.2. The van der Waals surface area contributed by atoms with Crippen LogP contribution in [0.4, 0.5) is 0 Å². The Morgan fingerprint density at radius 1 is 1.55 bits per heavy atom. The van der Waals surface area contributed by atoms with Gasteiger partial charge in [0.1, 0.15) is 4.88 Å². The van der Waals surface area contributed by atoms with Crippen LogP contribution >= 0.6 is 11.3 Å². The van der Waals surface area contributed by atoms with Gasteiger partial charge in [-0.25, -0.2) is 17.9 Å². The predicted octanol–water partition coefficient (Wildman–Crippen LogP) is 0.967. The van der Waals surface area contributed by atoms with Crippen LogP contribution in [0, 0.1) is 6.92 Å². The number of nitrogens with zero attached hydrogens (tertiary/aromatic N) is 2. The van der Waals surface area contributed by atoms with Crippen LogP contribution < -0.4 is 4.72 Å². The summed E-state index contributed by atoms with van der Waals surface area (Å²) in [6.07, 6.45) is 1.73. The maximum Gasteiger partial charge on any atom is 0.345 e. The fraction of sp³-hybridized carbons (Fsp3) is 0.273. The maximum atomic E-state index is 12.0. The zero-order valence-corrected chi connectivity index (χ0v) is 12.5. The number of carboxylic acid groups (broad SMARTS) is 1. The minimum atomic E-state index is -3.72. The van der Waals surface area contributed by atoms with Gasteiger partial charge in [-0.3, -0.25) is 4.68 Å². The molecule has 0 aliphatic heterocycles. The van der Waals surface area contributed by atoms with E-state index in [0.717, 1.165) is 28.7 Å². The van der Waals surface area contributed by atoms with Crippen molar-refractivity contribution in [2.24, 2.45) is 7.05 Å². The van der Waals surface area contributed by atoms with Crippen LogP contribution in [0.1, 0.15) is 20.9 Å². The van der Waals surface area contributed by atoms with Crippen molar-refractivity contribution >= 4 is 27.3 Å². The highest BCUT2D eigenvalue weighted by molar-refractivity contribution is 7.89. The van der Waals surface area contributed by atoms with Crippen molar-refractivity contribution in [3.63, 3.8) is 0 Å². The van der Waals surface area contributed by atoms with Crippen molar-refractivity contribution in [1.29, 1.82) is 0 Å². The summed E-state index contributed by atoms with van der Waals surface area (Å²) in [5.74, 6) is -1.14. The third kappa shape index (κ3) is 3.06. The molecule has 2 N–H and O–H groups in total. The maximum absolute atomic E-state index is 12.0. The number of aromatic carboxylic acids is 1. The lowest BCUT2D eigenvalue weighted by Gasteiger charge is -2.03. The Hall–Kier alpha value is -1.71. The Bertz CT molecular complexity index is 746. The van der Waals surface area contributed by atoms with Gasteiger partial charge in [-0.15, -0.1) is 11.3 Å². The first kappa shape index (κ1) is 14.7. The van der Waals surface area contributed by atoms with Crippen molar-refractivity contribution < 1.29 is 18.3 Å². The molecule has 0 fully saturated rings. The monoisotopic (exact) mass is 315 g/mol. The molecule has 9 heteroatoms. The van der Waals surface area contributed by atoms with Gasteiger partial charge in [-0.2, -0.15) is 5.10 Å². The van der Waals surface area contributed by atoms with E-state index < -0.39 is 16.0 Å². The number of rotatable bonds is 5. The minimum Gasteiger partial charge on any atom is -0.477 e. The Balaban J connectivity index is 2.14. The molecule has 7 nitrogen and oxygen atoms in total. The predicted molar refractivity (Wildman–Crippen MR) is 73.2 cm³/mol. The third-order valence-electron chi connectivity index (χ3n) is 2.66. The van der Waals surface area contributed by atoms with E-state index >= 15 is 0 Å². The number of sulfonamides is 1. The number of aryl methyl sites for hydroxylation is 2. The summed E-state index contributed by atoms with van der Waals surface area (Å²) < 4.78 is 28.1. The Morgan fingerprint density at radius 3 is 2.75 bits per heavy atom. The highest BCUT2D eigenvalue weighted by atomic mass is 32.2. The number of hydrogen-bond acceptors (Lipinski definition) is 5. The fourth-order valence-electron chi connectivity index (χ4n) is 1.65. The largest absolute Gasteiger partial charge is 0.477 e. The van der Waals surface area contributed by atoms with Crippen LogP contribution in [0.2, 0.25) is 0 Å². The summed E-state index contributed by atoms with van der Waals surface area (Å²) >= 11 is 0.878. The zero-order valence-electron chi connectivity index (χ0n) is 10.8. The molecular weight excluding hydrogens is 302 g/mol. The summed E-state index contributed by atoms with van der Waals surface area (Å²) in [5.41, 5.74) is 1.51. The molecule has 0 saturated carbocycles. The molecule has 0 atom stereocenters. The van der Waals surface area contributed by atoms with Crippen LogP contribution in [-0.2, 0) is 23.6 Å². The van der Waals surface area contributed by atoms with Crippen LogP contribution in [-0.4, -0.2) is 29.3 Å². The molecule has 0 aliphatic rings. The molecule has 0 aromatic carbocycles. The van der Waals surface area contributed by atoms with Crippen LogP contribution in [0.25, 0.3) is 0 Å². The number of carbonyl (C=O) groups is 1. The first-order chi connectivity index (χ1) is 9.29. The second kappa shape index (κ2) is 5.35.